The molecule has 0 bridgehead atoms. The summed E-state index contributed by atoms with van der Waals surface area (Å²) in [5.74, 6) is 2.05. The Kier molecular flexibility index (Phi) is 6.42. The molecule has 2 aromatic rings. The molecule has 1 heterocycles. The van der Waals surface area contributed by atoms with Gasteiger partial charge in [-0.3, -0.25) is 4.79 Å². The third-order valence-electron chi connectivity index (χ3n) is 3.48. The number of pyridine rings is 1. The summed E-state index contributed by atoms with van der Waals surface area (Å²) < 4.78 is 10.5. The van der Waals surface area contributed by atoms with Crippen molar-refractivity contribution < 1.29 is 14.3 Å². The summed E-state index contributed by atoms with van der Waals surface area (Å²) in [4.78, 5) is 16.0. The number of amides is 1. The second-order valence-electron chi connectivity index (χ2n) is 5.28. The van der Waals surface area contributed by atoms with Crippen molar-refractivity contribution in [3.63, 3.8) is 0 Å². The Morgan fingerprint density at radius 1 is 1.17 bits per heavy atom. The van der Waals surface area contributed by atoms with Gasteiger partial charge < -0.3 is 20.1 Å². The van der Waals surface area contributed by atoms with Gasteiger partial charge in [-0.15, -0.1) is 0 Å². The molecule has 1 amide bonds. The summed E-state index contributed by atoms with van der Waals surface area (Å²) in [6.07, 6.45) is 4.04. The van der Waals surface area contributed by atoms with E-state index in [9.17, 15) is 4.79 Å². The number of hydrogen-bond donors (Lipinski definition) is 2. The molecule has 0 saturated carbocycles. The summed E-state index contributed by atoms with van der Waals surface area (Å²) >= 11 is 0. The van der Waals surface area contributed by atoms with Crippen LogP contribution in [0.25, 0.3) is 0 Å². The summed E-state index contributed by atoms with van der Waals surface area (Å²) in [5.41, 5.74) is 1.47. The molecule has 0 aliphatic carbocycles. The average molecular weight is 329 g/mol. The van der Waals surface area contributed by atoms with Crippen molar-refractivity contribution in [1.82, 2.24) is 4.98 Å². The summed E-state index contributed by atoms with van der Waals surface area (Å²) in [6, 6.07) is 9.12. The molecule has 6 heteroatoms. The van der Waals surface area contributed by atoms with E-state index >= 15 is 0 Å². The van der Waals surface area contributed by atoms with E-state index in [-0.39, 0.29) is 5.91 Å². The van der Waals surface area contributed by atoms with E-state index in [1.54, 1.807) is 32.5 Å². The molecule has 2 N–H and O–H groups in total. The molecule has 2 rings (SSSR count). The van der Waals surface area contributed by atoms with Crippen LogP contribution in [0.5, 0.6) is 11.5 Å². The summed E-state index contributed by atoms with van der Waals surface area (Å²) in [6.45, 7) is 2.06. The molecule has 128 valence electrons. The standard InChI is InChI=1S/C18H23N3O3/c1-4-5-6-18(22)20-13-7-10-17(19-12-13)21-15-9-8-14(23-2)11-16(15)24-3/h7-12H,4-6H2,1-3H3,(H,19,21)(H,20,22). The van der Waals surface area contributed by atoms with Gasteiger partial charge in [0.25, 0.3) is 0 Å². The maximum Gasteiger partial charge on any atom is 0.224 e. The number of carbonyl (C=O) groups excluding carboxylic acids is 1. The second kappa shape index (κ2) is 8.76. The fourth-order valence-corrected chi connectivity index (χ4v) is 2.14. The van der Waals surface area contributed by atoms with Gasteiger partial charge in [-0.2, -0.15) is 0 Å². The number of nitrogens with zero attached hydrogens (tertiary/aromatic N) is 1. The number of hydrogen-bond acceptors (Lipinski definition) is 5. The third-order valence-corrected chi connectivity index (χ3v) is 3.48. The first kappa shape index (κ1) is 17.6. The van der Waals surface area contributed by atoms with Gasteiger partial charge in [0.1, 0.15) is 17.3 Å². The smallest absolute Gasteiger partial charge is 0.224 e. The van der Waals surface area contributed by atoms with Crippen LogP contribution in [0.3, 0.4) is 0 Å². The summed E-state index contributed by atoms with van der Waals surface area (Å²) in [5, 5.41) is 6.02. The first-order valence-corrected chi connectivity index (χ1v) is 7.91. The molecule has 1 aromatic carbocycles. The van der Waals surface area contributed by atoms with Gasteiger partial charge in [0, 0.05) is 12.5 Å². The number of unbranched alkanes of at least 4 members (excludes halogenated alkanes) is 1. The van der Waals surface area contributed by atoms with Crippen LogP contribution in [-0.2, 0) is 4.79 Å². The van der Waals surface area contributed by atoms with Crippen LogP contribution in [-0.4, -0.2) is 25.1 Å². The molecule has 0 radical (unpaired) electrons. The third kappa shape index (κ3) is 4.87. The normalized spacial score (nSPS) is 10.1. The highest BCUT2D eigenvalue weighted by Crippen LogP contribution is 2.31. The molecule has 6 nitrogen and oxygen atoms in total. The van der Waals surface area contributed by atoms with E-state index in [1.165, 1.54) is 0 Å². The number of ether oxygens (including phenoxy) is 2. The van der Waals surface area contributed by atoms with Crippen LogP contribution in [0.15, 0.2) is 36.5 Å². The van der Waals surface area contributed by atoms with E-state index in [0.717, 1.165) is 24.3 Å². The van der Waals surface area contributed by atoms with Gasteiger partial charge >= 0.3 is 0 Å². The van der Waals surface area contributed by atoms with Crippen molar-refractivity contribution in [2.75, 3.05) is 24.9 Å². The first-order valence-electron chi connectivity index (χ1n) is 7.91. The number of nitrogens with one attached hydrogen (secondary N) is 2. The van der Waals surface area contributed by atoms with Crippen molar-refractivity contribution in [3.8, 4) is 11.5 Å². The number of benzene rings is 1. The molecular formula is C18H23N3O3. The van der Waals surface area contributed by atoms with Gasteiger partial charge in [0.05, 0.1) is 31.8 Å². The molecule has 1 aromatic heterocycles. The first-order chi connectivity index (χ1) is 11.7. The zero-order valence-electron chi connectivity index (χ0n) is 14.3. The number of anilines is 3. The van der Waals surface area contributed by atoms with Gasteiger partial charge in [-0.1, -0.05) is 13.3 Å². The number of methoxy groups -OCH3 is 2. The molecule has 0 saturated heterocycles. The number of aromatic nitrogens is 1. The van der Waals surface area contributed by atoms with Crippen LogP contribution in [0.2, 0.25) is 0 Å². The largest absolute Gasteiger partial charge is 0.497 e. The second-order valence-corrected chi connectivity index (χ2v) is 5.28. The highest BCUT2D eigenvalue weighted by molar-refractivity contribution is 5.90. The van der Waals surface area contributed by atoms with Crippen LogP contribution in [0.4, 0.5) is 17.2 Å². The Labute approximate surface area is 142 Å². The highest BCUT2D eigenvalue weighted by Gasteiger charge is 2.07. The predicted molar refractivity (Wildman–Crippen MR) is 95.2 cm³/mol. The molecule has 0 aliphatic rings. The minimum Gasteiger partial charge on any atom is -0.497 e. The molecule has 0 spiro atoms. The van der Waals surface area contributed by atoms with Crippen molar-refractivity contribution in [2.45, 2.75) is 26.2 Å². The Morgan fingerprint density at radius 2 is 2.00 bits per heavy atom. The monoisotopic (exact) mass is 329 g/mol. The van der Waals surface area contributed by atoms with Crippen LogP contribution < -0.4 is 20.1 Å². The Hall–Kier alpha value is -2.76. The van der Waals surface area contributed by atoms with Crippen LogP contribution in [0, 0.1) is 0 Å². The highest BCUT2D eigenvalue weighted by atomic mass is 16.5. The molecular weight excluding hydrogens is 306 g/mol. The summed E-state index contributed by atoms with van der Waals surface area (Å²) in [7, 11) is 3.21. The van der Waals surface area contributed by atoms with Gasteiger partial charge in [-0.05, 0) is 30.7 Å². The molecule has 0 unspecified atom stereocenters. The van der Waals surface area contributed by atoms with E-state index < -0.39 is 0 Å². The number of rotatable bonds is 8. The minimum absolute atomic E-state index is 0.0104. The topological polar surface area (TPSA) is 72.5 Å². The van der Waals surface area contributed by atoms with Crippen LogP contribution >= 0.6 is 0 Å². The van der Waals surface area contributed by atoms with Crippen molar-refractivity contribution in [1.29, 1.82) is 0 Å². The van der Waals surface area contributed by atoms with Crippen molar-refractivity contribution in [2.24, 2.45) is 0 Å². The lowest BCUT2D eigenvalue weighted by Gasteiger charge is -2.12. The maximum absolute atomic E-state index is 11.7. The molecule has 0 atom stereocenters. The minimum atomic E-state index is 0.0104. The average Bonchev–Trinajstić information content (AvgIpc) is 2.62. The van der Waals surface area contributed by atoms with E-state index in [4.69, 9.17) is 9.47 Å². The van der Waals surface area contributed by atoms with E-state index in [2.05, 4.69) is 22.5 Å². The fraction of sp³-hybridized carbons (Fsp3) is 0.333. The lowest BCUT2D eigenvalue weighted by molar-refractivity contribution is -0.116. The van der Waals surface area contributed by atoms with Crippen molar-refractivity contribution in [3.05, 3.63) is 36.5 Å². The van der Waals surface area contributed by atoms with E-state index in [0.29, 0.717) is 23.7 Å². The fourth-order valence-electron chi connectivity index (χ4n) is 2.14. The maximum atomic E-state index is 11.7. The zero-order valence-corrected chi connectivity index (χ0v) is 14.3. The lowest BCUT2D eigenvalue weighted by Crippen LogP contribution is -2.11. The van der Waals surface area contributed by atoms with E-state index in [1.807, 2.05) is 18.2 Å². The Bertz CT molecular complexity index is 672. The molecule has 24 heavy (non-hydrogen) atoms. The van der Waals surface area contributed by atoms with Crippen molar-refractivity contribution >= 4 is 23.1 Å². The Balaban J connectivity index is 2.02. The number of carbonyl (C=O) groups is 1. The Morgan fingerprint density at radius 3 is 2.62 bits per heavy atom. The SMILES string of the molecule is CCCCC(=O)Nc1ccc(Nc2ccc(OC)cc2OC)nc1. The van der Waals surface area contributed by atoms with Crippen LogP contribution in [0.1, 0.15) is 26.2 Å². The van der Waals surface area contributed by atoms with Gasteiger partial charge in [-0.25, -0.2) is 4.98 Å². The predicted octanol–water partition coefficient (Wildman–Crippen LogP) is 3.97. The zero-order chi connectivity index (χ0) is 17.4. The van der Waals surface area contributed by atoms with Gasteiger partial charge in [0.2, 0.25) is 5.91 Å². The molecule has 0 fully saturated rings. The molecule has 0 aliphatic heterocycles. The lowest BCUT2D eigenvalue weighted by atomic mass is 10.2. The van der Waals surface area contributed by atoms with Gasteiger partial charge in [0.15, 0.2) is 0 Å². The quantitative estimate of drug-likeness (QED) is 0.766.